The van der Waals surface area contributed by atoms with Crippen LogP contribution in [0.5, 0.6) is 11.5 Å². The van der Waals surface area contributed by atoms with Gasteiger partial charge in [-0.2, -0.15) is 0 Å². The number of carbonyl (C=O) groups excluding carboxylic acids is 1. The van der Waals surface area contributed by atoms with E-state index in [1.165, 1.54) is 13.3 Å². The summed E-state index contributed by atoms with van der Waals surface area (Å²) < 4.78 is 10.1. The molecule has 88 valence electrons. The van der Waals surface area contributed by atoms with E-state index in [4.69, 9.17) is 19.4 Å². The summed E-state index contributed by atoms with van der Waals surface area (Å²) in [6.45, 7) is 1.31. The van der Waals surface area contributed by atoms with Crippen molar-refractivity contribution < 1.29 is 12.6 Å². The second kappa shape index (κ2) is 5.01. The van der Waals surface area contributed by atoms with Gasteiger partial charge in [-0.1, -0.05) is 11.6 Å². The van der Waals surface area contributed by atoms with Gasteiger partial charge in [-0.3, -0.25) is 4.79 Å². The van der Waals surface area contributed by atoms with Gasteiger partial charge in [0.25, 0.3) is 0 Å². The van der Waals surface area contributed by atoms with Crippen molar-refractivity contribution in [3.05, 3.63) is 23.6 Å². The summed E-state index contributed by atoms with van der Waals surface area (Å²) in [4.78, 5) is 18.9. The zero-order chi connectivity index (χ0) is 12.4. The van der Waals surface area contributed by atoms with Crippen LogP contribution in [0.1, 0.15) is 6.92 Å². The molecule has 0 saturated heterocycles. The highest BCUT2D eigenvalue weighted by Gasteiger charge is 2.12. The summed E-state index contributed by atoms with van der Waals surface area (Å²) >= 11 is 7.63. The van der Waals surface area contributed by atoms with Gasteiger partial charge in [-0.05, 0) is 6.07 Å². The number of halogens is 2. The summed E-state index contributed by atoms with van der Waals surface area (Å²) in [5.41, 5.74) is 0.618. The summed E-state index contributed by atoms with van der Waals surface area (Å²) in [6.07, 6.45) is 1.35. The van der Waals surface area contributed by atoms with Crippen molar-refractivity contribution in [2.75, 3.05) is 0 Å². The van der Waals surface area contributed by atoms with Crippen molar-refractivity contribution in [1.29, 1.82) is 0 Å². The van der Waals surface area contributed by atoms with Gasteiger partial charge >= 0.3 is 5.97 Å². The van der Waals surface area contributed by atoms with Crippen molar-refractivity contribution in [2.45, 2.75) is 6.92 Å². The van der Waals surface area contributed by atoms with Gasteiger partial charge in [0, 0.05) is 18.4 Å². The highest BCUT2D eigenvalue weighted by molar-refractivity contribution is 14.1. The number of hydrogen-bond acceptors (Lipinski definition) is 5. The van der Waals surface area contributed by atoms with Crippen LogP contribution in [0.15, 0.2) is 18.5 Å². The molecule has 5 nitrogen and oxygen atoms in total. The first-order chi connectivity index (χ1) is 8.11. The van der Waals surface area contributed by atoms with Crippen LogP contribution in [0.2, 0.25) is 5.15 Å². The smallest absolute Gasteiger partial charge is 0.308 e. The highest BCUT2D eigenvalue weighted by atomic mass is 127. The maximum Gasteiger partial charge on any atom is 0.308 e. The predicted molar refractivity (Wildman–Crippen MR) is 70.5 cm³/mol. The largest absolute Gasteiger partial charge is 0.424 e. The van der Waals surface area contributed by atoms with E-state index in [0.29, 0.717) is 21.8 Å². The lowest BCUT2D eigenvalue weighted by atomic mass is 10.2. The standard InChI is InChI=1S/C10H6ClIN2O3/c1-5(15)16-8-2-6-7(3-9(8)17-12)13-4-14-10(6)11/h2-4H,1H3. The molecule has 0 spiro atoms. The highest BCUT2D eigenvalue weighted by Crippen LogP contribution is 2.34. The number of rotatable bonds is 2. The molecule has 0 unspecified atom stereocenters. The van der Waals surface area contributed by atoms with E-state index in [0.717, 1.165) is 0 Å². The summed E-state index contributed by atoms with van der Waals surface area (Å²) in [6, 6.07) is 3.21. The molecule has 1 aromatic carbocycles. The van der Waals surface area contributed by atoms with Crippen LogP contribution in [-0.4, -0.2) is 15.9 Å². The molecular weight excluding hydrogens is 358 g/mol. The zero-order valence-electron chi connectivity index (χ0n) is 8.61. The monoisotopic (exact) mass is 364 g/mol. The molecule has 0 amide bonds. The lowest BCUT2D eigenvalue weighted by Crippen LogP contribution is -2.02. The first-order valence-corrected chi connectivity index (χ1v) is 5.79. The Bertz CT molecular complexity index is 591. The summed E-state index contributed by atoms with van der Waals surface area (Å²) in [5.74, 6) is 0.256. The maximum atomic E-state index is 11.0. The minimum absolute atomic E-state index is 0.288. The molecule has 0 radical (unpaired) electrons. The van der Waals surface area contributed by atoms with Gasteiger partial charge in [-0.25, -0.2) is 9.97 Å². The second-order valence-electron chi connectivity index (χ2n) is 3.15. The van der Waals surface area contributed by atoms with E-state index >= 15 is 0 Å². The normalized spacial score (nSPS) is 10.3. The molecular formula is C10H6ClIN2O3. The van der Waals surface area contributed by atoms with E-state index in [-0.39, 0.29) is 5.75 Å². The van der Waals surface area contributed by atoms with Gasteiger partial charge in [0.2, 0.25) is 0 Å². The van der Waals surface area contributed by atoms with Crippen LogP contribution in [0.3, 0.4) is 0 Å². The Labute approximate surface area is 116 Å². The molecule has 0 atom stereocenters. The van der Waals surface area contributed by atoms with Crippen LogP contribution >= 0.6 is 34.6 Å². The van der Waals surface area contributed by atoms with E-state index < -0.39 is 5.97 Å². The minimum atomic E-state index is -0.438. The molecule has 0 aliphatic rings. The minimum Gasteiger partial charge on any atom is -0.424 e. The van der Waals surface area contributed by atoms with E-state index in [2.05, 4.69) is 9.97 Å². The molecule has 1 heterocycles. The Morgan fingerprint density at radius 2 is 2.12 bits per heavy atom. The average Bonchev–Trinajstić information content (AvgIpc) is 2.29. The quantitative estimate of drug-likeness (QED) is 0.355. The first-order valence-electron chi connectivity index (χ1n) is 4.53. The molecule has 0 N–H and O–H groups in total. The molecule has 7 heteroatoms. The van der Waals surface area contributed by atoms with Crippen molar-refractivity contribution >= 4 is 51.5 Å². The first kappa shape index (κ1) is 12.3. The van der Waals surface area contributed by atoms with Crippen molar-refractivity contribution in [2.24, 2.45) is 0 Å². The lowest BCUT2D eigenvalue weighted by molar-refractivity contribution is -0.131. The SMILES string of the molecule is CC(=O)Oc1cc2c(Cl)ncnc2cc1OI. The van der Waals surface area contributed by atoms with E-state index in [1.54, 1.807) is 35.1 Å². The number of esters is 1. The number of carbonyl (C=O) groups is 1. The topological polar surface area (TPSA) is 61.3 Å². The van der Waals surface area contributed by atoms with Crippen molar-refractivity contribution in [3.8, 4) is 11.5 Å². The predicted octanol–water partition coefficient (Wildman–Crippen LogP) is 2.94. The average molecular weight is 365 g/mol. The third-order valence-electron chi connectivity index (χ3n) is 1.99. The van der Waals surface area contributed by atoms with Gasteiger partial charge < -0.3 is 7.80 Å². The van der Waals surface area contributed by atoms with Gasteiger partial charge in [-0.15, -0.1) is 0 Å². The number of nitrogens with zero attached hydrogens (tertiary/aromatic N) is 2. The third kappa shape index (κ3) is 2.58. The van der Waals surface area contributed by atoms with Gasteiger partial charge in [0.05, 0.1) is 5.52 Å². The number of fused-ring (bicyclic) bond motifs is 1. The summed E-state index contributed by atoms with van der Waals surface area (Å²) in [5, 5.41) is 0.894. The molecule has 1 aromatic heterocycles. The van der Waals surface area contributed by atoms with Crippen LogP contribution in [0.4, 0.5) is 0 Å². The number of hydrogen-bond donors (Lipinski definition) is 0. The third-order valence-corrected chi connectivity index (χ3v) is 2.76. The Hall–Kier alpha value is -1.15. The fraction of sp³-hybridized carbons (Fsp3) is 0.100. The number of ether oxygens (including phenoxy) is 1. The van der Waals surface area contributed by atoms with Crippen molar-refractivity contribution in [3.63, 3.8) is 0 Å². The molecule has 2 rings (SSSR count). The number of aromatic nitrogens is 2. The van der Waals surface area contributed by atoms with Crippen LogP contribution in [-0.2, 0) is 4.79 Å². The Balaban J connectivity index is 2.65. The van der Waals surface area contributed by atoms with E-state index in [9.17, 15) is 4.79 Å². The summed E-state index contributed by atoms with van der Waals surface area (Å²) in [7, 11) is 0. The van der Waals surface area contributed by atoms with Crippen molar-refractivity contribution in [1.82, 2.24) is 9.97 Å². The van der Waals surface area contributed by atoms with Crippen LogP contribution < -0.4 is 7.80 Å². The van der Waals surface area contributed by atoms with Gasteiger partial charge in [0.15, 0.2) is 34.5 Å². The molecule has 0 aliphatic carbocycles. The number of benzene rings is 1. The fourth-order valence-corrected chi connectivity index (χ4v) is 1.87. The Morgan fingerprint density at radius 1 is 1.35 bits per heavy atom. The molecule has 0 aliphatic heterocycles. The molecule has 17 heavy (non-hydrogen) atoms. The Kier molecular flexibility index (Phi) is 3.63. The second-order valence-corrected chi connectivity index (χ2v) is 3.95. The molecule has 0 bridgehead atoms. The lowest BCUT2D eigenvalue weighted by Gasteiger charge is -2.08. The molecule has 2 aromatic rings. The zero-order valence-corrected chi connectivity index (χ0v) is 11.5. The van der Waals surface area contributed by atoms with Gasteiger partial charge in [0.1, 0.15) is 11.5 Å². The maximum absolute atomic E-state index is 11.0. The fourth-order valence-electron chi connectivity index (χ4n) is 1.33. The Morgan fingerprint density at radius 3 is 2.76 bits per heavy atom. The molecule has 0 saturated carbocycles. The van der Waals surface area contributed by atoms with Crippen LogP contribution in [0, 0.1) is 0 Å². The molecule has 0 fully saturated rings. The van der Waals surface area contributed by atoms with E-state index in [1.807, 2.05) is 0 Å². The van der Waals surface area contributed by atoms with Crippen LogP contribution in [0.25, 0.3) is 10.9 Å².